The molecule has 0 radical (unpaired) electrons. The normalized spacial score (nSPS) is 10.4. The highest BCUT2D eigenvalue weighted by Crippen LogP contribution is 2.26. The predicted molar refractivity (Wildman–Crippen MR) is 76.8 cm³/mol. The van der Waals surface area contributed by atoms with Crippen LogP contribution in [-0.4, -0.2) is 33.5 Å². The highest BCUT2D eigenvalue weighted by atomic mass is 16.5. The van der Waals surface area contributed by atoms with Gasteiger partial charge in [0.05, 0.1) is 13.2 Å². The van der Waals surface area contributed by atoms with Gasteiger partial charge in [-0.2, -0.15) is 0 Å². The minimum absolute atomic E-state index is 0.640. The van der Waals surface area contributed by atoms with Crippen molar-refractivity contribution in [2.45, 2.75) is 25.7 Å². The summed E-state index contributed by atoms with van der Waals surface area (Å²) in [6, 6.07) is 7.78. The van der Waals surface area contributed by atoms with Gasteiger partial charge in [-0.3, -0.25) is 0 Å². The fourth-order valence-corrected chi connectivity index (χ4v) is 1.68. The molecule has 0 saturated heterocycles. The largest absolute Gasteiger partial charge is 0.490 e. The van der Waals surface area contributed by atoms with Crippen molar-refractivity contribution in [2.24, 2.45) is 5.73 Å². The van der Waals surface area contributed by atoms with E-state index in [-0.39, 0.29) is 0 Å². The first-order valence-corrected chi connectivity index (χ1v) is 6.92. The zero-order valence-corrected chi connectivity index (χ0v) is 11.8. The van der Waals surface area contributed by atoms with Crippen molar-refractivity contribution in [3.8, 4) is 11.5 Å². The molecule has 0 aliphatic carbocycles. The van der Waals surface area contributed by atoms with E-state index >= 15 is 0 Å². The van der Waals surface area contributed by atoms with Gasteiger partial charge in [0, 0.05) is 20.1 Å². The highest BCUT2D eigenvalue weighted by molar-refractivity contribution is 5.39. The second kappa shape index (κ2) is 10.6. The van der Waals surface area contributed by atoms with Crippen molar-refractivity contribution in [2.75, 3.05) is 33.5 Å². The van der Waals surface area contributed by atoms with Gasteiger partial charge >= 0.3 is 0 Å². The minimum Gasteiger partial charge on any atom is -0.490 e. The van der Waals surface area contributed by atoms with E-state index in [1.54, 1.807) is 7.11 Å². The molecule has 1 aromatic rings. The molecule has 108 valence electrons. The molecule has 0 aromatic heterocycles. The van der Waals surface area contributed by atoms with Crippen LogP contribution in [-0.2, 0) is 4.74 Å². The van der Waals surface area contributed by atoms with Gasteiger partial charge in [0.25, 0.3) is 0 Å². The standard InChI is InChI=1S/C15H25NO3/c1-17-11-7-13-19-15-9-4-3-8-14(15)18-12-6-2-5-10-16/h3-4,8-9H,2,5-7,10-13,16H2,1H3. The van der Waals surface area contributed by atoms with E-state index in [1.165, 1.54) is 0 Å². The summed E-state index contributed by atoms with van der Waals surface area (Å²) in [6.45, 7) is 2.81. The van der Waals surface area contributed by atoms with Gasteiger partial charge in [0.15, 0.2) is 11.5 Å². The fourth-order valence-electron chi connectivity index (χ4n) is 1.68. The molecule has 0 unspecified atom stereocenters. The van der Waals surface area contributed by atoms with Crippen LogP contribution in [0.25, 0.3) is 0 Å². The van der Waals surface area contributed by atoms with Crippen LogP contribution in [0, 0.1) is 0 Å². The lowest BCUT2D eigenvalue weighted by Gasteiger charge is -2.12. The number of ether oxygens (including phenoxy) is 3. The van der Waals surface area contributed by atoms with Gasteiger partial charge < -0.3 is 19.9 Å². The van der Waals surface area contributed by atoms with E-state index in [0.29, 0.717) is 19.8 Å². The van der Waals surface area contributed by atoms with Gasteiger partial charge in [0.2, 0.25) is 0 Å². The molecule has 4 nitrogen and oxygen atoms in total. The summed E-state index contributed by atoms with van der Waals surface area (Å²) in [5.41, 5.74) is 5.45. The lowest BCUT2D eigenvalue weighted by Crippen LogP contribution is -2.05. The molecule has 0 fully saturated rings. The van der Waals surface area contributed by atoms with Crippen LogP contribution in [0.2, 0.25) is 0 Å². The Labute approximate surface area is 115 Å². The molecular weight excluding hydrogens is 242 g/mol. The Morgan fingerprint density at radius 2 is 1.47 bits per heavy atom. The van der Waals surface area contributed by atoms with Crippen LogP contribution < -0.4 is 15.2 Å². The second-order valence-electron chi connectivity index (χ2n) is 4.34. The molecule has 2 N–H and O–H groups in total. The summed E-state index contributed by atoms with van der Waals surface area (Å²) in [6.07, 6.45) is 4.06. The van der Waals surface area contributed by atoms with Crippen LogP contribution in [0.4, 0.5) is 0 Å². The lowest BCUT2D eigenvalue weighted by atomic mass is 10.2. The van der Waals surface area contributed by atoms with E-state index in [4.69, 9.17) is 19.9 Å². The number of benzene rings is 1. The number of nitrogens with two attached hydrogens (primary N) is 1. The van der Waals surface area contributed by atoms with Crippen LogP contribution in [0.5, 0.6) is 11.5 Å². The van der Waals surface area contributed by atoms with Gasteiger partial charge in [0.1, 0.15) is 0 Å². The van der Waals surface area contributed by atoms with Gasteiger partial charge in [-0.1, -0.05) is 12.1 Å². The molecule has 1 rings (SSSR count). The Balaban J connectivity index is 2.31. The molecule has 0 amide bonds. The molecule has 0 aliphatic heterocycles. The van der Waals surface area contributed by atoms with Gasteiger partial charge in [-0.25, -0.2) is 0 Å². The first-order valence-electron chi connectivity index (χ1n) is 6.92. The second-order valence-corrected chi connectivity index (χ2v) is 4.34. The first kappa shape index (κ1) is 15.8. The molecule has 1 aromatic carbocycles. The third-order valence-corrected chi connectivity index (χ3v) is 2.71. The molecule has 0 spiro atoms. The van der Waals surface area contributed by atoms with Crippen molar-refractivity contribution in [3.63, 3.8) is 0 Å². The number of methoxy groups -OCH3 is 1. The first-order chi connectivity index (χ1) is 9.38. The molecule has 19 heavy (non-hydrogen) atoms. The number of unbranched alkanes of at least 4 members (excludes halogenated alkanes) is 2. The monoisotopic (exact) mass is 267 g/mol. The average Bonchev–Trinajstić information content (AvgIpc) is 2.45. The van der Waals surface area contributed by atoms with E-state index in [1.807, 2.05) is 24.3 Å². The molecule has 4 heteroatoms. The maximum Gasteiger partial charge on any atom is 0.161 e. The van der Waals surface area contributed by atoms with Crippen molar-refractivity contribution < 1.29 is 14.2 Å². The summed E-state index contributed by atoms with van der Waals surface area (Å²) in [5.74, 6) is 1.62. The van der Waals surface area contributed by atoms with Crippen molar-refractivity contribution in [1.29, 1.82) is 0 Å². The maximum atomic E-state index is 5.74. The Bertz CT molecular complexity index is 331. The van der Waals surface area contributed by atoms with Gasteiger partial charge in [-0.15, -0.1) is 0 Å². The van der Waals surface area contributed by atoms with Crippen molar-refractivity contribution in [1.82, 2.24) is 0 Å². The Hall–Kier alpha value is -1.26. The van der Waals surface area contributed by atoms with Gasteiger partial charge in [-0.05, 0) is 37.9 Å². The summed E-state index contributed by atoms with van der Waals surface area (Å²) in [7, 11) is 1.69. The zero-order valence-electron chi connectivity index (χ0n) is 11.8. The minimum atomic E-state index is 0.640. The van der Waals surface area contributed by atoms with E-state index in [9.17, 15) is 0 Å². The Morgan fingerprint density at radius 3 is 2.05 bits per heavy atom. The number of hydrogen-bond acceptors (Lipinski definition) is 4. The Morgan fingerprint density at radius 1 is 0.842 bits per heavy atom. The number of rotatable bonds is 11. The van der Waals surface area contributed by atoms with Crippen LogP contribution in [0.1, 0.15) is 25.7 Å². The third kappa shape index (κ3) is 7.03. The zero-order chi connectivity index (χ0) is 13.8. The summed E-state index contributed by atoms with van der Waals surface area (Å²) in [5, 5.41) is 0. The maximum absolute atomic E-state index is 5.74. The van der Waals surface area contributed by atoms with Crippen LogP contribution in [0.15, 0.2) is 24.3 Å². The number of hydrogen-bond donors (Lipinski definition) is 1. The predicted octanol–water partition coefficient (Wildman–Crippen LogP) is 2.61. The molecular formula is C15H25NO3. The smallest absolute Gasteiger partial charge is 0.161 e. The SMILES string of the molecule is COCCCOc1ccccc1OCCCCCN. The number of para-hydroxylation sites is 2. The molecule has 0 saturated carbocycles. The van der Waals surface area contributed by atoms with Crippen LogP contribution in [0.3, 0.4) is 0 Å². The molecule has 0 bridgehead atoms. The molecule has 0 atom stereocenters. The highest BCUT2D eigenvalue weighted by Gasteiger charge is 2.03. The molecule has 0 aliphatic rings. The summed E-state index contributed by atoms with van der Waals surface area (Å²) >= 11 is 0. The molecule has 0 heterocycles. The van der Waals surface area contributed by atoms with Crippen molar-refractivity contribution in [3.05, 3.63) is 24.3 Å². The topological polar surface area (TPSA) is 53.7 Å². The summed E-state index contributed by atoms with van der Waals surface area (Å²) in [4.78, 5) is 0. The third-order valence-electron chi connectivity index (χ3n) is 2.71. The van der Waals surface area contributed by atoms with E-state index < -0.39 is 0 Å². The van der Waals surface area contributed by atoms with E-state index in [0.717, 1.165) is 43.7 Å². The quantitative estimate of drug-likeness (QED) is 0.626. The van der Waals surface area contributed by atoms with Crippen molar-refractivity contribution >= 4 is 0 Å². The lowest BCUT2D eigenvalue weighted by molar-refractivity contribution is 0.169. The average molecular weight is 267 g/mol. The van der Waals surface area contributed by atoms with E-state index in [2.05, 4.69) is 0 Å². The van der Waals surface area contributed by atoms with Crippen LogP contribution >= 0.6 is 0 Å². The Kier molecular flexibility index (Phi) is 8.85. The summed E-state index contributed by atoms with van der Waals surface area (Å²) < 4.78 is 16.4. The fraction of sp³-hybridized carbons (Fsp3) is 0.600.